The van der Waals surface area contributed by atoms with Crippen molar-refractivity contribution in [3.8, 4) is 11.3 Å². The van der Waals surface area contributed by atoms with Gasteiger partial charge in [-0.2, -0.15) is 0 Å². The highest BCUT2D eigenvalue weighted by molar-refractivity contribution is 5.61. The van der Waals surface area contributed by atoms with Crippen LogP contribution in [0.15, 0.2) is 30.9 Å². The molecule has 2 aromatic rings. The summed E-state index contributed by atoms with van der Waals surface area (Å²) in [5.41, 5.74) is 8.38. The number of anilines is 1. The molecule has 2 aromatic heterocycles. The summed E-state index contributed by atoms with van der Waals surface area (Å²) in [6.07, 6.45) is 8.14. The van der Waals surface area contributed by atoms with Gasteiger partial charge < -0.3 is 10.3 Å². The van der Waals surface area contributed by atoms with Gasteiger partial charge in [-0.15, -0.1) is 0 Å². The van der Waals surface area contributed by atoms with Crippen LogP contribution >= 0.6 is 0 Å². The fourth-order valence-electron chi connectivity index (χ4n) is 2.08. The van der Waals surface area contributed by atoms with E-state index in [1.165, 1.54) is 12.8 Å². The number of rotatable bonds is 3. The Hall–Kier alpha value is -1.84. The fourth-order valence-corrected chi connectivity index (χ4v) is 2.08. The minimum atomic E-state index is 0.466. The van der Waals surface area contributed by atoms with Gasteiger partial charge >= 0.3 is 0 Å². The van der Waals surface area contributed by atoms with Gasteiger partial charge in [-0.1, -0.05) is 6.92 Å². The third-order valence-corrected chi connectivity index (χ3v) is 3.44. The number of aromatic nitrogens is 3. The standard InChI is InChI=1S/C13H16N4/c1-13(3-4-13)8-17-9-15-7-11(17)10-2-5-16-12(14)6-10/h2,5-7,9H,3-4,8H2,1H3,(H2,14,16). The summed E-state index contributed by atoms with van der Waals surface area (Å²) in [4.78, 5) is 8.26. The van der Waals surface area contributed by atoms with Crippen LogP contribution in [0.4, 0.5) is 5.82 Å². The van der Waals surface area contributed by atoms with Gasteiger partial charge in [-0.05, 0) is 30.4 Å². The fraction of sp³-hybridized carbons (Fsp3) is 0.385. The van der Waals surface area contributed by atoms with E-state index < -0.39 is 0 Å². The van der Waals surface area contributed by atoms with E-state index in [0.717, 1.165) is 17.8 Å². The van der Waals surface area contributed by atoms with Crippen molar-refractivity contribution in [3.63, 3.8) is 0 Å². The van der Waals surface area contributed by atoms with Crippen LogP contribution in [0.3, 0.4) is 0 Å². The second kappa shape index (κ2) is 3.58. The Morgan fingerprint density at radius 1 is 1.47 bits per heavy atom. The number of imidazole rings is 1. The SMILES string of the molecule is CC1(Cn2cncc2-c2ccnc(N)c2)CC1. The molecule has 2 N–H and O–H groups in total. The Balaban J connectivity index is 1.95. The molecule has 4 nitrogen and oxygen atoms in total. The van der Waals surface area contributed by atoms with Crippen LogP contribution in [-0.2, 0) is 6.54 Å². The molecule has 0 amide bonds. The van der Waals surface area contributed by atoms with Crippen LogP contribution in [0, 0.1) is 5.41 Å². The van der Waals surface area contributed by atoms with E-state index in [9.17, 15) is 0 Å². The maximum Gasteiger partial charge on any atom is 0.123 e. The lowest BCUT2D eigenvalue weighted by molar-refractivity contribution is 0.467. The van der Waals surface area contributed by atoms with Crippen LogP contribution in [-0.4, -0.2) is 14.5 Å². The second-order valence-electron chi connectivity index (χ2n) is 5.19. The van der Waals surface area contributed by atoms with Crippen LogP contribution < -0.4 is 5.73 Å². The van der Waals surface area contributed by atoms with Crippen molar-refractivity contribution in [1.29, 1.82) is 0 Å². The lowest BCUT2D eigenvalue weighted by Gasteiger charge is -2.12. The van der Waals surface area contributed by atoms with Crippen molar-refractivity contribution in [3.05, 3.63) is 30.9 Å². The van der Waals surface area contributed by atoms with Crippen molar-refractivity contribution in [2.45, 2.75) is 26.3 Å². The van der Waals surface area contributed by atoms with E-state index >= 15 is 0 Å². The smallest absolute Gasteiger partial charge is 0.123 e. The summed E-state index contributed by atoms with van der Waals surface area (Å²) in [7, 11) is 0. The maximum absolute atomic E-state index is 5.71. The van der Waals surface area contributed by atoms with Gasteiger partial charge in [0.1, 0.15) is 5.82 Å². The zero-order chi connectivity index (χ0) is 11.9. The van der Waals surface area contributed by atoms with E-state index in [1.807, 2.05) is 24.7 Å². The first kappa shape index (κ1) is 10.3. The van der Waals surface area contributed by atoms with Gasteiger partial charge in [0.25, 0.3) is 0 Å². The van der Waals surface area contributed by atoms with E-state index in [2.05, 4.69) is 21.5 Å². The molecular formula is C13H16N4. The van der Waals surface area contributed by atoms with Crippen LogP contribution in [0.5, 0.6) is 0 Å². The largest absolute Gasteiger partial charge is 0.384 e. The summed E-state index contributed by atoms with van der Waals surface area (Å²) in [5, 5.41) is 0. The molecule has 0 aromatic carbocycles. The monoisotopic (exact) mass is 228 g/mol. The Kier molecular flexibility index (Phi) is 2.18. The van der Waals surface area contributed by atoms with E-state index in [-0.39, 0.29) is 0 Å². The highest BCUT2D eigenvalue weighted by Gasteiger charge is 2.37. The summed E-state index contributed by atoms with van der Waals surface area (Å²) in [6.45, 7) is 3.35. The molecular weight excluding hydrogens is 212 g/mol. The third kappa shape index (κ3) is 2.02. The summed E-state index contributed by atoms with van der Waals surface area (Å²) in [5.74, 6) is 0.549. The summed E-state index contributed by atoms with van der Waals surface area (Å²) in [6, 6.07) is 3.86. The highest BCUT2D eigenvalue weighted by Crippen LogP contribution is 2.46. The lowest BCUT2D eigenvalue weighted by atomic mass is 10.1. The predicted molar refractivity (Wildman–Crippen MR) is 67.2 cm³/mol. The number of pyridine rings is 1. The number of hydrogen-bond donors (Lipinski definition) is 1. The van der Waals surface area contributed by atoms with Gasteiger partial charge in [0.05, 0.1) is 18.2 Å². The van der Waals surface area contributed by atoms with Crippen LogP contribution in [0.2, 0.25) is 0 Å². The minimum Gasteiger partial charge on any atom is -0.384 e. The minimum absolute atomic E-state index is 0.466. The van der Waals surface area contributed by atoms with Gasteiger partial charge in [0.2, 0.25) is 0 Å². The van der Waals surface area contributed by atoms with Gasteiger partial charge in [0, 0.05) is 18.3 Å². The molecule has 0 bridgehead atoms. The van der Waals surface area contributed by atoms with E-state index in [0.29, 0.717) is 11.2 Å². The third-order valence-electron chi connectivity index (χ3n) is 3.44. The second-order valence-corrected chi connectivity index (χ2v) is 5.19. The van der Waals surface area contributed by atoms with Crippen molar-refractivity contribution in [1.82, 2.24) is 14.5 Å². The average molecular weight is 228 g/mol. The topological polar surface area (TPSA) is 56.7 Å². The Bertz CT molecular complexity index is 540. The Morgan fingerprint density at radius 2 is 2.29 bits per heavy atom. The van der Waals surface area contributed by atoms with Crippen LogP contribution in [0.1, 0.15) is 19.8 Å². The molecule has 0 aliphatic heterocycles. The Morgan fingerprint density at radius 3 is 3.00 bits per heavy atom. The molecule has 0 saturated heterocycles. The Labute approximate surface area is 101 Å². The number of nitrogen functional groups attached to an aromatic ring is 1. The summed E-state index contributed by atoms with van der Waals surface area (Å²) >= 11 is 0. The molecule has 0 atom stereocenters. The van der Waals surface area contributed by atoms with Crippen LogP contribution in [0.25, 0.3) is 11.3 Å². The molecule has 1 aliphatic carbocycles. The first-order chi connectivity index (χ1) is 8.16. The first-order valence-corrected chi connectivity index (χ1v) is 5.88. The molecule has 1 fully saturated rings. The van der Waals surface area contributed by atoms with Gasteiger partial charge in [-0.25, -0.2) is 9.97 Å². The molecule has 3 rings (SSSR count). The van der Waals surface area contributed by atoms with Crippen molar-refractivity contribution in [2.24, 2.45) is 5.41 Å². The zero-order valence-corrected chi connectivity index (χ0v) is 9.93. The normalized spacial score (nSPS) is 17.0. The highest BCUT2D eigenvalue weighted by atomic mass is 15.1. The van der Waals surface area contributed by atoms with Crippen molar-refractivity contribution >= 4 is 5.82 Å². The maximum atomic E-state index is 5.71. The van der Waals surface area contributed by atoms with Crippen molar-refractivity contribution < 1.29 is 0 Å². The zero-order valence-electron chi connectivity index (χ0n) is 9.93. The molecule has 88 valence electrons. The number of hydrogen-bond acceptors (Lipinski definition) is 3. The molecule has 1 aliphatic rings. The summed E-state index contributed by atoms with van der Waals surface area (Å²) < 4.78 is 2.21. The molecule has 0 unspecified atom stereocenters. The predicted octanol–water partition coefficient (Wildman–Crippen LogP) is 2.33. The molecule has 17 heavy (non-hydrogen) atoms. The molecule has 0 radical (unpaired) electrons. The number of nitrogens with two attached hydrogens (primary N) is 1. The molecule has 2 heterocycles. The van der Waals surface area contributed by atoms with Gasteiger partial charge in [0.15, 0.2) is 0 Å². The van der Waals surface area contributed by atoms with E-state index in [4.69, 9.17) is 5.73 Å². The van der Waals surface area contributed by atoms with Crippen molar-refractivity contribution in [2.75, 3.05) is 5.73 Å². The number of nitrogens with zero attached hydrogens (tertiary/aromatic N) is 3. The average Bonchev–Trinajstić information content (AvgIpc) is 2.86. The lowest BCUT2D eigenvalue weighted by Crippen LogP contribution is -2.08. The van der Waals surface area contributed by atoms with E-state index in [1.54, 1.807) is 6.20 Å². The molecule has 4 heteroatoms. The molecule has 1 saturated carbocycles. The quantitative estimate of drug-likeness (QED) is 0.877. The van der Waals surface area contributed by atoms with Gasteiger partial charge in [-0.3, -0.25) is 0 Å². The first-order valence-electron chi connectivity index (χ1n) is 5.88. The molecule has 0 spiro atoms.